The minimum Gasteiger partial charge on any atom is -0.274 e. The Balaban J connectivity index is 1.34. The topological polar surface area (TPSA) is 168 Å². The van der Waals surface area contributed by atoms with E-state index in [0.717, 1.165) is 20.9 Å². The van der Waals surface area contributed by atoms with Gasteiger partial charge in [-0.2, -0.15) is 0 Å². The van der Waals surface area contributed by atoms with Crippen LogP contribution in [0.4, 0.5) is 22.7 Å². The second-order valence-electron chi connectivity index (χ2n) is 13.0. The number of imide groups is 2. The van der Waals surface area contributed by atoms with Crippen LogP contribution < -0.4 is 9.80 Å². The normalized spacial score (nSPS) is 26.0. The molecule has 4 aromatic rings. The number of carbonyl (C=O) groups excluding carboxylic acids is 4. The lowest BCUT2D eigenvalue weighted by Gasteiger charge is -2.35. The Bertz CT molecular complexity index is 2000. The predicted octanol–water partition coefficient (Wildman–Crippen LogP) is 4.56. The third-order valence-electron chi connectivity index (χ3n) is 10.1. The van der Waals surface area contributed by atoms with Crippen LogP contribution in [0.1, 0.15) is 34.3 Å². The molecule has 14 nitrogen and oxygen atoms in total. The fraction of sp³-hybridized carbons (Fsp3) is 0.222. The van der Waals surface area contributed by atoms with Crippen molar-refractivity contribution in [2.45, 2.75) is 38.0 Å². The molecule has 4 heterocycles. The largest absolute Gasteiger partial charge is 0.274 e. The molecule has 4 saturated heterocycles. The summed E-state index contributed by atoms with van der Waals surface area (Å²) in [7, 11) is 0. The van der Waals surface area contributed by atoms with Crippen molar-refractivity contribution in [1.82, 2.24) is 10.0 Å². The number of carbonyl (C=O) groups is 4. The Hall–Kier alpha value is -6.12. The molecule has 4 aliphatic heterocycles. The summed E-state index contributed by atoms with van der Waals surface area (Å²) in [5, 5.41) is 26.4. The minimum absolute atomic E-state index is 0.184. The van der Waals surface area contributed by atoms with Crippen LogP contribution >= 0.6 is 0 Å². The van der Waals surface area contributed by atoms with Crippen molar-refractivity contribution in [1.29, 1.82) is 0 Å². The maximum atomic E-state index is 14.6. The molecule has 4 amide bonds. The van der Waals surface area contributed by atoms with Crippen molar-refractivity contribution in [3.8, 4) is 0 Å². The molecule has 50 heavy (non-hydrogen) atoms. The van der Waals surface area contributed by atoms with E-state index in [9.17, 15) is 39.4 Å². The van der Waals surface area contributed by atoms with Crippen molar-refractivity contribution < 1.29 is 29.0 Å². The molecular formula is C36H28N6O8. The number of non-ortho nitro benzene ring substituents is 2. The number of nitro groups is 2. The van der Waals surface area contributed by atoms with E-state index in [1.54, 1.807) is 46.4 Å². The van der Waals surface area contributed by atoms with Gasteiger partial charge in [-0.25, -0.2) is 19.8 Å². The van der Waals surface area contributed by atoms with E-state index in [1.807, 2.05) is 26.0 Å². The number of aryl methyl sites for hydroxylation is 2. The summed E-state index contributed by atoms with van der Waals surface area (Å²) < 4.78 is 0. The van der Waals surface area contributed by atoms with Crippen LogP contribution in [0.3, 0.4) is 0 Å². The maximum Gasteiger partial charge on any atom is 0.269 e. The first-order valence-electron chi connectivity index (χ1n) is 15.9. The first-order chi connectivity index (χ1) is 24.0. The third-order valence-corrected chi connectivity index (χ3v) is 10.1. The SMILES string of the molecule is Cc1cccc(N2C(=O)C3C(C2=O)N2C(c4ccc([N+](=O)[O-])cc4)C4C(=O)N(c5cccc(C)c5)C(=O)C4N2C3c2ccc([N+](=O)[O-])cc2)c1. The van der Waals surface area contributed by atoms with Gasteiger partial charge in [0.15, 0.2) is 0 Å². The monoisotopic (exact) mass is 672 g/mol. The van der Waals surface area contributed by atoms with Gasteiger partial charge in [-0.3, -0.25) is 39.4 Å². The van der Waals surface area contributed by atoms with Gasteiger partial charge in [-0.15, -0.1) is 0 Å². The average molecular weight is 673 g/mol. The Labute approximate surface area is 284 Å². The molecule has 8 rings (SSSR count). The first kappa shape index (κ1) is 31.2. The zero-order valence-corrected chi connectivity index (χ0v) is 26.7. The van der Waals surface area contributed by atoms with Crippen LogP contribution in [0.2, 0.25) is 0 Å². The number of hydrogen-bond donors (Lipinski definition) is 0. The van der Waals surface area contributed by atoms with Gasteiger partial charge in [-0.05, 0) is 60.4 Å². The van der Waals surface area contributed by atoms with Crippen LogP contribution in [-0.2, 0) is 19.2 Å². The van der Waals surface area contributed by atoms with Gasteiger partial charge in [0.05, 0.1) is 45.1 Å². The summed E-state index contributed by atoms with van der Waals surface area (Å²) in [6.07, 6.45) is 0. The van der Waals surface area contributed by atoms with Crippen LogP contribution in [0.5, 0.6) is 0 Å². The number of benzene rings is 4. The molecule has 0 spiro atoms. The molecule has 14 heteroatoms. The molecule has 4 aromatic carbocycles. The number of rotatable bonds is 6. The van der Waals surface area contributed by atoms with Crippen molar-refractivity contribution in [2.24, 2.45) is 11.8 Å². The van der Waals surface area contributed by atoms with Crippen molar-refractivity contribution >= 4 is 46.4 Å². The summed E-state index contributed by atoms with van der Waals surface area (Å²) in [4.78, 5) is 82.5. The molecule has 250 valence electrons. The van der Waals surface area contributed by atoms with Crippen LogP contribution in [0.15, 0.2) is 97.1 Å². The number of hydrazine groups is 1. The van der Waals surface area contributed by atoms with E-state index in [2.05, 4.69) is 0 Å². The van der Waals surface area contributed by atoms with Gasteiger partial charge >= 0.3 is 0 Å². The Morgan fingerprint density at radius 1 is 0.500 bits per heavy atom. The van der Waals surface area contributed by atoms with Crippen LogP contribution in [0, 0.1) is 45.9 Å². The van der Waals surface area contributed by atoms with Crippen molar-refractivity contribution in [3.05, 3.63) is 140 Å². The van der Waals surface area contributed by atoms with E-state index >= 15 is 0 Å². The molecular weight excluding hydrogens is 644 g/mol. The van der Waals surface area contributed by atoms with E-state index in [4.69, 9.17) is 0 Å². The van der Waals surface area contributed by atoms with Gasteiger partial charge in [0.1, 0.15) is 12.1 Å². The number of anilines is 2. The van der Waals surface area contributed by atoms with E-state index in [0.29, 0.717) is 22.5 Å². The number of hydrogen-bond acceptors (Lipinski definition) is 10. The molecule has 6 unspecified atom stereocenters. The van der Waals surface area contributed by atoms with E-state index in [-0.39, 0.29) is 11.4 Å². The lowest BCUT2D eigenvalue weighted by atomic mass is 9.84. The predicted molar refractivity (Wildman–Crippen MR) is 177 cm³/mol. The van der Waals surface area contributed by atoms with Crippen molar-refractivity contribution in [3.63, 3.8) is 0 Å². The standard InChI is InChI=1S/C36H28N6O8/c1-19-5-3-7-25(17-19)37-33(43)27-29(21-9-13-23(14-10-21)41(47)48)40-32-28(34(44)38(36(32)46)26-8-4-6-20(2)18-26)30(39(40)31(27)35(37)45)22-11-15-24(16-12-22)42(49)50/h3-18,27-32H,1-2H3. The first-order valence-corrected chi connectivity index (χ1v) is 15.9. The fourth-order valence-corrected chi connectivity index (χ4v) is 8.13. The van der Waals surface area contributed by atoms with Gasteiger partial charge in [-0.1, -0.05) is 48.5 Å². The van der Waals surface area contributed by atoms with E-state index < -0.39 is 69.5 Å². The van der Waals surface area contributed by atoms with Gasteiger partial charge in [0.2, 0.25) is 11.8 Å². The lowest BCUT2D eigenvalue weighted by molar-refractivity contribution is -0.385. The summed E-state index contributed by atoms with van der Waals surface area (Å²) in [6, 6.07) is 20.8. The highest BCUT2D eigenvalue weighted by Gasteiger charge is 2.73. The number of amides is 4. The molecule has 4 aliphatic rings. The Morgan fingerprint density at radius 2 is 0.860 bits per heavy atom. The molecule has 0 saturated carbocycles. The Kier molecular flexibility index (Phi) is 6.99. The zero-order chi connectivity index (χ0) is 35.2. The second-order valence-corrected chi connectivity index (χ2v) is 13.0. The quantitative estimate of drug-likeness (QED) is 0.161. The fourth-order valence-electron chi connectivity index (χ4n) is 8.13. The lowest BCUT2D eigenvalue weighted by Crippen LogP contribution is -2.50. The third kappa shape index (κ3) is 4.42. The van der Waals surface area contributed by atoms with Crippen LogP contribution in [-0.4, -0.2) is 55.6 Å². The Morgan fingerprint density at radius 3 is 1.18 bits per heavy atom. The zero-order valence-electron chi connectivity index (χ0n) is 26.7. The van der Waals surface area contributed by atoms with Crippen LogP contribution in [0.25, 0.3) is 0 Å². The van der Waals surface area contributed by atoms with Gasteiger partial charge in [0, 0.05) is 24.3 Å². The summed E-state index contributed by atoms with van der Waals surface area (Å²) in [5.41, 5.74) is 2.89. The number of fused-ring (bicyclic) bond motifs is 5. The van der Waals surface area contributed by atoms with Gasteiger partial charge < -0.3 is 0 Å². The van der Waals surface area contributed by atoms with Gasteiger partial charge in [0.25, 0.3) is 23.2 Å². The molecule has 0 bridgehead atoms. The molecule has 0 aromatic heterocycles. The molecule has 6 atom stereocenters. The maximum absolute atomic E-state index is 14.6. The number of nitrogens with zero attached hydrogens (tertiary/aromatic N) is 6. The van der Waals surface area contributed by atoms with E-state index in [1.165, 1.54) is 48.5 Å². The molecule has 0 N–H and O–H groups in total. The molecule has 0 radical (unpaired) electrons. The van der Waals surface area contributed by atoms with Crippen molar-refractivity contribution in [2.75, 3.05) is 9.80 Å². The smallest absolute Gasteiger partial charge is 0.269 e. The highest BCUT2D eigenvalue weighted by Crippen LogP contribution is 2.60. The number of nitro benzene ring substituents is 2. The molecule has 4 fully saturated rings. The highest BCUT2D eigenvalue weighted by molar-refractivity contribution is 6.26. The highest BCUT2D eigenvalue weighted by atomic mass is 16.6. The summed E-state index contributed by atoms with van der Waals surface area (Å²) >= 11 is 0. The second kappa shape index (κ2) is 11.2. The summed E-state index contributed by atoms with van der Waals surface area (Å²) in [5.74, 6) is -4.28. The minimum atomic E-state index is -1.16. The summed E-state index contributed by atoms with van der Waals surface area (Å²) in [6.45, 7) is 3.67. The molecule has 0 aliphatic carbocycles. The average Bonchev–Trinajstić information content (AvgIpc) is 3.76.